The van der Waals surface area contributed by atoms with Crippen LogP contribution >= 0.6 is 0 Å². The van der Waals surface area contributed by atoms with Crippen molar-refractivity contribution in [2.24, 2.45) is 10.8 Å². The van der Waals surface area contributed by atoms with Gasteiger partial charge in [-0.25, -0.2) is 0 Å². The topological polar surface area (TPSA) is 15.3 Å². The van der Waals surface area contributed by atoms with Gasteiger partial charge >= 0.3 is 0 Å². The Morgan fingerprint density at radius 2 is 1.65 bits per heavy atom. The van der Waals surface area contributed by atoms with Crippen molar-refractivity contribution in [1.82, 2.24) is 10.2 Å². The summed E-state index contributed by atoms with van der Waals surface area (Å²) in [6.07, 6.45) is 5.51. The van der Waals surface area contributed by atoms with Gasteiger partial charge in [-0.15, -0.1) is 0 Å². The van der Waals surface area contributed by atoms with Crippen LogP contribution in [0.3, 0.4) is 0 Å². The average Bonchev–Trinajstić information content (AvgIpc) is 2.30. The van der Waals surface area contributed by atoms with Crippen molar-refractivity contribution in [2.75, 3.05) is 33.2 Å². The Labute approximate surface area is 108 Å². The zero-order valence-electron chi connectivity index (χ0n) is 12.6. The monoisotopic (exact) mass is 240 g/mol. The highest BCUT2D eigenvalue weighted by Gasteiger charge is 2.32. The number of nitrogens with one attached hydrogen (secondary N) is 1. The first kappa shape index (κ1) is 15.0. The van der Waals surface area contributed by atoms with E-state index in [1.807, 2.05) is 0 Å². The molecule has 0 spiro atoms. The van der Waals surface area contributed by atoms with Gasteiger partial charge in [-0.2, -0.15) is 0 Å². The van der Waals surface area contributed by atoms with Crippen LogP contribution in [0.15, 0.2) is 0 Å². The summed E-state index contributed by atoms with van der Waals surface area (Å²) in [4.78, 5) is 2.67. The molecule has 1 fully saturated rings. The van der Waals surface area contributed by atoms with Gasteiger partial charge in [0.15, 0.2) is 0 Å². The van der Waals surface area contributed by atoms with Crippen molar-refractivity contribution >= 4 is 0 Å². The van der Waals surface area contributed by atoms with Crippen molar-refractivity contribution in [1.29, 1.82) is 0 Å². The number of piperidine rings is 1. The smallest absolute Gasteiger partial charge is 0.00448 e. The molecule has 0 aromatic rings. The lowest BCUT2D eigenvalue weighted by Gasteiger charge is -2.43. The molecule has 1 saturated heterocycles. The van der Waals surface area contributed by atoms with Gasteiger partial charge in [0.2, 0.25) is 0 Å². The Bertz CT molecular complexity index is 209. The van der Waals surface area contributed by atoms with Crippen LogP contribution in [0, 0.1) is 10.8 Å². The molecule has 1 rings (SSSR count). The molecule has 0 aromatic carbocycles. The fourth-order valence-corrected chi connectivity index (χ4v) is 3.28. The molecule has 1 aliphatic rings. The van der Waals surface area contributed by atoms with Crippen molar-refractivity contribution in [2.45, 2.75) is 53.4 Å². The minimum absolute atomic E-state index is 0.396. The highest BCUT2D eigenvalue weighted by molar-refractivity contribution is 4.86. The normalized spacial score (nSPS) is 21.7. The number of hydrogen-bond acceptors (Lipinski definition) is 2. The van der Waals surface area contributed by atoms with E-state index in [4.69, 9.17) is 0 Å². The van der Waals surface area contributed by atoms with Crippen molar-refractivity contribution in [3.63, 3.8) is 0 Å². The Balaban J connectivity index is 2.42. The molecule has 102 valence electrons. The minimum atomic E-state index is 0.396. The molecule has 1 aliphatic heterocycles. The molecule has 2 heteroatoms. The molecule has 0 saturated carbocycles. The lowest BCUT2D eigenvalue weighted by molar-refractivity contribution is 0.0693. The van der Waals surface area contributed by atoms with E-state index in [1.165, 1.54) is 45.3 Å². The Morgan fingerprint density at radius 3 is 2.06 bits per heavy atom. The average molecular weight is 240 g/mol. The van der Waals surface area contributed by atoms with Crippen LogP contribution in [0.4, 0.5) is 0 Å². The van der Waals surface area contributed by atoms with Gasteiger partial charge in [0.25, 0.3) is 0 Å². The van der Waals surface area contributed by atoms with Gasteiger partial charge in [-0.1, -0.05) is 40.5 Å². The molecule has 0 bridgehead atoms. The summed E-state index contributed by atoms with van der Waals surface area (Å²) in [5, 5.41) is 3.31. The molecule has 0 radical (unpaired) electrons. The summed E-state index contributed by atoms with van der Waals surface area (Å²) in [6.45, 7) is 14.4. The molecule has 0 amide bonds. The maximum atomic E-state index is 3.31. The van der Waals surface area contributed by atoms with Crippen LogP contribution in [-0.2, 0) is 0 Å². The number of likely N-dealkylation sites (tertiary alicyclic amines) is 1. The number of nitrogens with zero attached hydrogens (tertiary/aromatic N) is 1. The first-order valence-corrected chi connectivity index (χ1v) is 7.34. The molecule has 0 aliphatic carbocycles. The lowest BCUT2D eigenvalue weighted by Crippen LogP contribution is -2.45. The van der Waals surface area contributed by atoms with Crippen LogP contribution in [-0.4, -0.2) is 38.1 Å². The van der Waals surface area contributed by atoms with Crippen molar-refractivity contribution in [3.05, 3.63) is 0 Å². The maximum absolute atomic E-state index is 3.31. The van der Waals surface area contributed by atoms with Crippen LogP contribution in [0.5, 0.6) is 0 Å². The SMILES string of the molecule is CCC1(CC)CCN(CC(C)(C)CNC)CC1. The maximum Gasteiger partial charge on any atom is 0.00448 e. The van der Waals surface area contributed by atoms with Gasteiger partial charge in [-0.3, -0.25) is 0 Å². The zero-order chi connectivity index (χ0) is 12.9. The van der Waals surface area contributed by atoms with Crippen LogP contribution in [0.25, 0.3) is 0 Å². The second kappa shape index (κ2) is 6.19. The van der Waals surface area contributed by atoms with Gasteiger partial charge < -0.3 is 10.2 Å². The quantitative estimate of drug-likeness (QED) is 0.767. The first-order valence-electron chi connectivity index (χ1n) is 7.34. The molecule has 1 heterocycles. The number of hydrogen-bond donors (Lipinski definition) is 1. The summed E-state index contributed by atoms with van der Waals surface area (Å²) in [6, 6.07) is 0. The van der Waals surface area contributed by atoms with Gasteiger partial charge in [0.1, 0.15) is 0 Å². The molecular formula is C15H32N2. The molecule has 2 nitrogen and oxygen atoms in total. The van der Waals surface area contributed by atoms with E-state index in [0.29, 0.717) is 10.8 Å². The largest absolute Gasteiger partial charge is 0.319 e. The molecule has 17 heavy (non-hydrogen) atoms. The van der Waals surface area contributed by atoms with E-state index >= 15 is 0 Å². The minimum Gasteiger partial charge on any atom is -0.319 e. The Kier molecular flexibility index (Phi) is 5.46. The standard InChI is InChI=1S/C15H32N2/c1-6-15(7-2)8-10-17(11-9-15)13-14(3,4)12-16-5/h16H,6-13H2,1-5H3. The fraction of sp³-hybridized carbons (Fsp3) is 1.00. The van der Waals surface area contributed by atoms with Crippen LogP contribution in [0.1, 0.15) is 53.4 Å². The molecule has 0 unspecified atom stereocenters. The Morgan fingerprint density at radius 1 is 1.12 bits per heavy atom. The van der Waals surface area contributed by atoms with Crippen molar-refractivity contribution < 1.29 is 0 Å². The van der Waals surface area contributed by atoms with Crippen molar-refractivity contribution in [3.8, 4) is 0 Å². The van der Waals surface area contributed by atoms with E-state index in [1.54, 1.807) is 0 Å². The van der Waals surface area contributed by atoms with E-state index in [9.17, 15) is 0 Å². The third-order valence-electron chi connectivity index (χ3n) is 4.72. The molecular weight excluding hydrogens is 208 g/mol. The third kappa shape index (κ3) is 4.26. The van der Waals surface area contributed by atoms with Gasteiger partial charge in [0, 0.05) is 13.1 Å². The number of rotatable bonds is 6. The van der Waals surface area contributed by atoms with Crippen LogP contribution in [0.2, 0.25) is 0 Å². The van der Waals surface area contributed by atoms with E-state index in [2.05, 4.69) is 45.0 Å². The lowest BCUT2D eigenvalue weighted by atomic mass is 9.74. The summed E-state index contributed by atoms with van der Waals surface area (Å²) < 4.78 is 0. The summed E-state index contributed by atoms with van der Waals surface area (Å²) >= 11 is 0. The second-order valence-corrected chi connectivity index (χ2v) is 6.68. The predicted octanol–water partition coefficient (Wildman–Crippen LogP) is 3.13. The first-order chi connectivity index (χ1) is 7.97. The highest BCUT2D eigenvalue weighted by Crippen LogP contribution is 2.38. The summed E-state index contributed by atoms with van der Waals surface area (Å²) in [7, 11) is 2.05. The molecule has 0 aromatic heterocycles. The van der Waals surface area contributed by atoms with Crippen LogP contribution < -0.4 is 5.32 Å². The highest BCUT2D eigenvalue weighted by atomic mass is 15.1. The third-order valence-corrected chi connectivity index (χ3v) is 4.72. The summed E-state index contributed by atoms with van der Waals surface area (Å²) in [5.74, 6) is 0. The summed E-state index contributed by atoms with van der Waals surface area (Å²) in [5.41, 5.74) is 1.05. The Hall–Kier alpha value is -0.0800. The predicted molar refractivity (Wildman–Crippen MR) is 76.4 cm³/mol. The molecule has 0 atom stereocenters. The van der Waals surface area contributed by atoms with E-state index in [0.717, 1.165) is 6.54 Å². The van der Waals surface area contributed by atoms with E-state index < -0.39 is 0 Å². The van der Waals surface area contributed by atoms with E-state index in [-0.39, 0.29) is 0 Å². The second-order valence-electron chi connectivity index (χ2n) is 6.68. The zero-order valence-corrected chi connectivity index (χ0v) is 12.6. The van der Waals surface area contributed by atoms with Gasteiger partial charge in [0.05, 0.1) is 0 Å². The molecule has 1 N–H and O–H groups in total. The fourth-order valence-electron chi connectivity index (χ4n) is 3.28. The van der Waals surface area contributed by atoms with Gasteiger partial charge in [-0.05, 0) is 43.8 Å².